The van der Waals surface area contributed by atoms with Gasteiger partial charge in [0, 0.05) is 34.1 Å². The van der Waals surface area contributed by atoms with E-state index in [2.05, 4.69) is 76.9 Å². The minimum atomic E-state index is 0.389. The Bertz CT molecular complexity index is 428. The summed E-state index contributed by atoms with van der Waals surface area (Å²) in [7, 11) is 2.00. The third-order valence-electron chi connectivity index (χ3n) is 3.67. The van der Waals surface area contributed by atoms with Gasteiger partial charge in [0.1, 0.15) is 0 Å². The molecule has 1 saturated heterocycles. The van der Waals surface area contributed by atoms with Crippen LogP contribution < -0.4 is 10.2 Å². The number of thioether (sulfide) groups is 1. The summed E-state index contributed by atoms with van der Waals surface area (Å²) < 4.78 is 1.21. The van der Waals surface area contributed by atoms with Crippen molar-refractivity contribution in [1.29, 1.82) is 0 Å². The highest BCUT2D eigenvalue weighted by Gasteiger charge is 2.23. The van der Waals surface area contributed by atoms with Gasteiger partial charge in [0.2, 0.25) is 0 Å². The van der Waals surface area contributed by atoms with Crippen LogP contribution in [0.5, 0.6) is 0 Å². The average Bonchev–Trinajstić information content (AvgIpc) is 2.36. The summed E-state index contributed by atoms with van der Waals surface area (Å²) in [6.45, 7) is 9.09. The highest BCUT2D eigenvalue weighted by molar-refractivity contribution is 9.10. The number of anilines is 1. The monoisotopic (exact) mass is 342 g/mol. The van der Waals surface area contributed by atoms with Crippen LogP contribution in [0, 0.1) is 0 Å². The first-order valence-electron chi connectivity index (χ1n) is 6.88. The molecule has 2 nitrogen and oxygen atoms in total. The van der Waals surface area contributed by atoms with Crippen molar-refractivity contribution in [3.8, 4) is 0 Å². The fraction of sp³-hybridized carbons (Fsp3) is 0.600. The summed E-state index contributed by atoms with van der Waals surface area (Å²) in [4.78, 5) is 2.50. The smallest absolute Gasteiger partial charge is 0.0511 e. The Hall–Kier alpha value is -0.190. The Morgan fingerprint density at radius 3 is 2.47 bits per heavy atom. The molecule has 0 amide bonds. The molecule has 106 valence electrons. The van der Waals surface area contributed by atoms with Gasteiger partial charge in [-0.15, -0.1) is 0 Å². The molecular weight excluding hydrogens is 320 g/mol. The van der Waals surface area contributed by atoms with E-state index in [1.54, 1.807) is 0 Å². The van der Waals surface area contributed by atoms with E-state index in [0.717, 1.165) is 13.1 Å². The first kappa shape index (κ1) is 15.2. The molecule has 1 N–H and O–H groups in total. The zero-order chi connectivity index (χ0) is 14.0. The van der Waals surface area contributed by atoms with Gasteiger partial charge in [0.25, 0.3) is 0 Å². The lowest BCUT2D eigenvalue weighted by molar-refractivity contribution is 0.651. The van der Waals surface area contributed by atoms with Crippen LogP contribution in [0.1, 0.15) is 32.4 Å². The lowest BCUT2D eigenvalue weighted by Gasteiger charge is -2.37. The Kier molecular flexibility index (Phi) is 5.21. The molecule has 2 rings (SSSR count). The summed E-state index contributed by atoms with van der Waals surface area (Å²) in [5, 5.41) is 4.68. The highest BCUT2D eigenvalue weighted by atomic mass is 79.9. The maximum Gasteiger partial charge on any atom is 0.0511 e. The summed E-state index contributed by atoms with van der Waals surface area (Å²) in [5.41, 5.74) is 2.65. The van der Waals surface area contributed by atoms with Gasteiger partial charge < -0.3 is 10.2 Å². The van der Waals surface area contributed by atoms with E-state index in [9.17, 15) is 0 Å². The number of nitrogens with zero attached hydrogens (tertiary/aromatic N) is 1. The molecule has 1 fully saturated rings. The van der Waals surface area contributed by atoms with E-state index in [1.165, 1.54) is 15.7 Å². The molecule has 1 heterocycles. The van der Waals surface area contributed by atoms with Crippen LogP contribution in [-0.2, 0) is 0 Å². The summed E-state index contributed by atoms with van der Waals surface area (Å²) in [5.74, 6) is 0. The standard InChI is InChI=1S/C15H23BrN2S/c1-10-8-18(9-11(2)19-10)15-6-5-13(7-14(15)16)12(3)17-4/h5-7,10-12,17H,8-9H2,1-4H3. The summed E-state index contributed by atoms with van der Waals surface area (Å²) >= 11 is 5.83. The van der Waals surface area contributed by atoms with Gasteiger partial charge in [-0.1, -0.05) is 19.9 Å². The van der Waals surface area contributed by atoms with E-state index in [4.69, 9.17) is 0 Å². The molecule has 19 heavy (non-hydrogen) atoms. The second kappa shape index (κ2) is 6.51. The van der Waals surface area contributed by atoms with E-state index in [0.29, 0.717) is 16.5 Å². The Labute approximate surface area is 129 Å². The fourth-order valence-corrected chi connectivity index (χ4v) is 4.56. The average molecular weight is 343 g/mol. The minimum Gasteiger partial charge on any atom is -0.368 e. The van der Waals surface area contributed by atoms with E-state index >= 15 is 0 Å². The number of nitrogens with one attached hydrogen (secondary N) is 1. The van der Waals surface area contributed by atoms with E-state index in [-0.39, 0.29) is 0 Å². The second-order valence-corrected chi connectivity index (χ2v) is 8.12. The van der Waals surface area contributed by atoms with Gasteiger partial charge in [-0.05, 0) is 47.6 Å². The summed E-state index contributed by atoms with van der Waals surface area (Å²) in [6.07, 6.45) is 0. The van der Waals surface area contributed by atoms with Crippen molar-refractivity contribution >= 4 is 33.4 Å². The Morgan fingerprint density at radius 1 is 1.32 bits per heavy atom. The maximum absolute atomic E-state index is 3.74. The molecule has 0 spiro atoms. The molecule has 0 radical (unpaired) electrons. The normalized spacial score (nSPS) is 25.4. The number of rotatable bonds is 3. The van der Waals surface area contributed by atoms with Crippen LogP contribution >= 0.6 is 27.7 Å². The number of hydrogen-bond acceptors (Lipinski definition) is 3. The molecule has 1 aromatic rings. The Morgan fingerprint density at radius 2 is 1.95 bits per heavy atom. The van der Waals surface area contributed by atoms with Crippen molar-refractivity contribution in [3.05, 3.63) is 28.2 Å². The molecule has 3 unspecified atom stereocenters. The van der Waals surface area contributed by atoms with E-state index < -0.39 is 0 Å². The first-order chi connectivity index (χ1) is 9.01. The van der Waals surface area contributed by atoms with Gasteiger partial charge in [-0.2, -0.15) is 11.8 Å². The van der Waals surface area contributed by atoms with Crippen molar-refractivity contribution < 1.29 is 0 Å². The van der Waals surface area contributed by atoms with Crippen molar-refractivity contribution in [2.45, 2.75) is 37.3 Å². The third kappa shape index (κ3) is 3.67. The molecule has 0 saturated carbocycles. The van der Waals surface area contributed by atoms with Crippen LogP contribution in [0.2, 0.25) is 0 Å². The van der Waals surface area contributed by atoms with Crippen molar-refractivity contribution in [1.82, 2.24) is 5.32 Å². The van der Waals surface area contributed by atoms with Gasteiger partial charge in [-0.3, -0.25) is 0 Å². The predicted molar refractivity (Wildman–Crippen MR) is 90.3 cm³/mol. The molecule has 1 aliphatic rings. The molecule has 1 aliphatic heterocycles. The van der Waals surface area contributed by atoms with Gasteiger partial charge in [0.15, 0.2) is 0 Å². The van der Waals surface area contributed by atoms with E-state index in [1.807, 2.05) is 7.05 Å². The SMILES string of the molecule is CNC(C)c1ccc(N2CC(C)SC(C)C2)c(Br)c1. The minimum absolute atomic E-state index is 0.389. The third-order valence-corrected chi connectivity index (χ3v) is 5.53. The molecule has 3 atom stereocenters. The van der Waals surface area contributed by atoms with Crippen molar-refractivity contribution in [3.63, 3.8) is 0 Å². The van der Waals surface area contributed by atoms with Crippen molar-refractivity contribution in [2.24, 2.45) is 0 Å². The largest absolute Gasteiger partial charge is 0.368 e. The fourth-order valence-electron chi connectivity index (χ4n) is 2.59. The zero-order valence-corrected chi connectivity index (χ0v) is 14.5. The molecular formula is C15H23BrN2S. The molecule has 0 aromatic heterocycles. The number of benzene rings is 1. The van der Waals surface area contributed by atoms with Crippen LogP contribution in [0.3, 0.4) is 0 Å². The molecule has 4 heteroatoms. The van der Waals surface area contributed by atoms with Crippen LogP contribution in [0.25, 0.3) is 0 Å². The second-order valence-electron chi connectivity index (χ2n) is 5.38. The maximum atomic E-state index is 3.74. The van der Waals surface area contributed by atoms with Crippen LogP contribution in [0.15, 0.2) is 22.7 Å². The van der Waals surface area contributed by atoms with Crippen LogP contribution in [-0.4, -0.2) is 30.6 Å². The van der Waals surface area contributed by atoms with Gasteiger partial charge in [-0.25, -0.2) is 0 Å². The van der Waals surface area contributed by atoms with Crippen LogP contribution in [0.4, 0.5) is 5.69 Å². The van der Waals surface area contributed by atoms with Crippen molar-refractivity contribution in [2.75, 3.05) is 25.0 Å². The summed E-state index contributed by atoms with van der Waals surface area (Å²) in [6, 6.07) is 7.12. The zero-order valence-electron chi connectivity index (χ0n) is 12.1. The van der Waals surface area contributed by atoms with Gasteiger partial charge in [0.05, 0.1) is 5.69 Å². The number of halogens is 1. The molecule has 0 bridgehead atoms. The molecule has 1 aromatic carbocycles. The Balaban J connectivity index is 2.21. The predicted octanol–water partition coefficient (Wildman–Crippen LogP) is 4.06. The topological polar surface area (TPSA) is 15.3 Å². The quantitative estimate of drug-likeness (QED) is 0.891. The highest BCUT2D eigenvalue weighted by Crippen LogP contribution is 2.34. The van der Waals surface area contributed by atoms with Gasteiger partial charge >= 0.3 is 0 Å². The first-order valence-corrected chi connectivity index (χ1v) is 8.62. The lowest BCUT2D eigenvalue weighted by Crippen LogP contribution is -2.40. The number of hydrogen-bond donors (Lipinski definition) is 1. The molecule has 0 aliphatic carbocycles. The lowest BCUT2D eigenvalue weighted by atomic mass is 10.1.